The molecule has 0 saturated heterocycles. The molecule has 1 heteroatoms. The SMILES string of the molecule is C[C@@H]1C[C@H]2CCCCC2=CC1=O. The zero-order valence-corrected chi connectivity index (χ0v) is 7.68. The molecule has 0 unspecified atom stereocenters. The highest BCUT2D eigenvalue weighted by atomic mass is 16.1. The number of allylic oxidation sites excluding steroid dienone is 2. The maximum Gasteiger partial charge on any atom is 0.158 e. The van der Waals surface area contributed by atoms with Crippen LogP contribution >= 0.6 is 0 Å². The molecule has 0 N–H and O–H groups in total. The minimum atomic E-state index is 0.289. The number of ketones is 1. The van der Waals surface area contributed by atoms with Crippen LogP contribution in [0.15, 0.2) is 11.6 Å². The second-order valence-corrected chi connectivity index (χ2v) is 4.20. The van der Waals surface area contributed by atoms with Crippen molar-refractivity contribution in [3.63, 3.8) is 0 Å². The van der Waals surface area contributed by atoms with Crippen LogP contribution in [-0.4, -0.2) is 5.78 Å². The Morgan fingerprint density at radius 3 is 3.08 bits per heavy atom. The van der Waals surface area contributed by atoms with Crippen LogP contribution in [0.1, 0.15) is 39.0 Å². The summed E-state index contributed by atoms with van der Waals surface area (Å²) in [5.74, 6) is 1.41. The van der Waals surface area contributed by atoms with Crippen LogP contribution in [0.5, 0.6) is 0 Å². The number of carbonyl (C=O) groups excluding carboxylic acids is 1. The van der Waals surface area contributed by atoms with E-state index < -0.39 is 0 Å². The Morgan fingerprint density at radius 2 is 2.25 bits per heavy atom. The van der Waals surface area contributed by atoms with Gasteiger partial charge in [-0.15, -0.1) is 0 Å². The van der Waals surface area contributed by atoms with Crippen molar-refractivity contribution in [1.29, 1.82) is 0 Å². The summed E-state index contributed by atoms with van der Waals surface area (Å²) in [6.45, 7) is 2.06. The smallest absolute Gasteiger partial charge is 0.158 e. The maximum atomic E-state index is 11.4. The summed E-state index contributed by atoms with van der Waals surface area (Å²) in [5, 5.41) is 0. The molecule has 1 nitrogen and oxygen atoms in total. The molecule has 2 aliphatic carbocycles. The first-order valence-corrected chi connectivity index (χ1v) is 5.01. The average molecular weight is 164 g/mol. The molecule has 1 saturated carbocycles. The van der Waals surface area contributed by atoms with E-state index in [-0.39, 0.29) is 5.92 Å². The molecule has 0 amide bonds. The van der Waals surface area contributed by atoms with Crippen molar-refractivity contribution >= 4 is 5.78 Å². The molecule has 0 spiro atoms. The van der Waals surface area contributed by atoms with Gasteiger partial charge in [0.2, 0.25) is 0 Å². The van der Waals surface area contributed by atoms with Crippen molar-refractivity contribution < 1.29 is 4.79 Å². The van der Waals surface area contributed by atoms with Crippen molar-refractivity contribution in [2.24, 2.45) is 11.8 Å². The molecule has 2 rings (SSSR count). The highest BCUT2D eigenvalue weighted by molar-refractivity contribution is 5.93. The normalized spacial score (nSPS) is 35.8. The predicted octanol–water partition coefficient (Wildman–Crippen LogP) is 2.71. The molecule has 0 aliphatic heterocycles. The molecule has 0 aromatic rings. The zero-order chi connectivity index (χ0) is 8.55. The number of carbonyl (C=O) groups is 1. The third kappa shape index (κ3) is 1.33. The highest BCUT2D eigenvalue weighted by Crippen LogP contribution is 2.37. The molecule has 12 heavy (non-hydrogen) atoms. The van der Waals surface area contributed by atoms with E-state index in [1.807, 2.05) is 6.08 Å². The van der Waals surface area contributed by atoms with Crippen molar-refractivity contribution in [3.05, 3.63) is 11.6 Å². The second kappa shape index (κ2) is 3.04. The standard InChI is InChI=1S/C11H16O/c1-8-6-9-4-2-3-5-10(9)7-11(8)12/h7-9H,2-6H2,1H3/t8-,9-/m1/s1. The van der Waals surface area contributed by atoms with Crippen LogP contribution in [0.4, 0.5) is 0 Å². The van der Waals surface area contributed by atoms with Gasteiger partial charge in [-0.1, -0.05) is 18.9 Å². The fourth-order valence-corrected chi connectivity index (χ4v) is 2.44. The van der Waals surface area contributed by atoms with Crippen LogP contribution in [0.25, 0.3) is 0 Å². The first-order chi connectivity index (χ1) is 5.77. The van der Waals surface area contributed by atoms with E-state index in [0.29, 0.717) is 5.78 Å². The molecule has 0 aromatic heterocycles. The number of hydrogen-bond donors (Lipinski definition) is 0. The fraction of sp³-hybridized carbons (Fsp3) is 0.727. The molecule has 0 bridgehead atoms. The quantitative estimate of drug-likeness (QED) is 0.538. The van der Waals surface area contributed by atoms with Gasteiger partial charge in [-0.2, -0.15) is 0 Å². The van der Waals surface area contributed by atoms with E-state index >= 15 is 0 Å². The van der Waals surface area contributed by atoms with Gasteiger partial charge in [0.15, 0.2) is 5.78 Å². The van der Waals surface area contributed by atoms with Crippen molar-refractivity contribution in [3.8, 4) is 0 Å². The Labute approximate surface area is 73.8 Å². The van der Waals surface area contributed by atoms with Crippen LogP contribution in [0.2, 0.25) is 0 Å². The largest absolute Gasteiger partial charge is 0.295 e. The summed E-state index contributed by atoms with van der Waals surface area (Å²) < 4.78 is 0. The third-order valence-corrected chi connectivity index (χ3v) is 3.24. The molecule has 2 atom stereocenters. The van der Waals surface area contributed by atoms with Crippen LogP contribution in [0.3, 0.4) is 0 Å². The number of rotatable bonds is 0. The maximum absolute atomic E-state index is 11.4. The van der Waals surface area contributed by atoms with Gasteiger partial charge < -0.3 is 0 Å². The van der Waals surface area contributed by atoms with E-state index in [4.69, 9.17) is 0 Å². The molecule has 66 valence electrons. The van der Waals surface area contributed by atoms with E-state index in [2.05, 4.69) is 6.92 Å². The molecule has 2 aliphatic rings. The Morgan fingerprint density at radius 1 is 1.42 bits per heavy atom. The molecule has 1 fully saturated rings. The number of hydrogen-bond acceptors (Lipinski definition) is 1. The van der Waals surface area contributed by atoms with E-state index in [1.165, 1.54) is 31.3 Å². The number of fused-ring (bicyclic) bond motifs is 1. The van der Waals surface area contributed by atoms with Gasteiger partial charge in [0.25, 0.3) is 0 Å². The van der Waals surface area contributed by atoms with Crippen LogP contribution < -0.4 is 0 Å². The first-order valence-electron chi connectivity index (χ1n) is 5.01. The van der Waals surface area contributed by atoms with Crippen molar-refractivity contribution in [2.75, 3.05) is 0 Å². The Balaban J connectivity index is 2.19. The monoisotopic (exact) mass is 164 g/mol. The Bertz CT molecular complexity index is 227. The lowest BCUT2D eigenvalue weighted by atomic mass is 9.74. The average Bonchev–Trinajstić information content (AvgIpc) is 2.07. The summed E-state index contributed by atoms with van der Waals surface area (Å²) in [4.78, 5) is 11.4. The Hall–Kier alpha value is -0.590. The van der Waals surface area contributed by atoms with Crippen LogP contribution in [-0.2, 0) is 4.79 Å². The summed E-state index contributed by atoms with van der Waals surface area (Å²) in [7, 11) is 0. The van der Waals surface area contributed by atoms with E-state index in [1.54, 1.807) is 0 Å². The van der Waals surface area contributed by atoms with Gasteiger partial charge in [-0.05, 0) is 37.7 Å². The van der Waals surface area contributed by atoms with Gasteiger partial charge in [0.05, 0.1) is 0 Å². The molecule has 0 heterocycles. The van der Waals surface area contributed by atoms with Gasteiger partial charge in [-0.25, -0.2) is 0 Å². The Kier molecular flexibility index (Phi) is 2.03. The first kappa shape index (κ1) is 8.03. The van der Waals surface area contributed by atoms with E-state index in [9.17, 15) is 4.79 Å². The molecular weight excluding hydrogens is 148 g/mol. The summed E-state index contributed by atoms with van der Waals surface area (Å²) in [6, 6.07) is 0. The topological polar surface area (TPSA) is 17.1 Å². The zero-order valence-electron chi connectivity index (χ0n) is 7.68. The van der Waals surface area contributed by atoms with E-state index in [0.717, 1.165) is 12.3 Å². The lowest BCUT2D eigenvalue weighted by Gasteiger charge is -2.30. The molecule has 0 aromatic carbocycles. The van der Waals surface area contributed by atoms with Crippen molar-refractivity contribution in [1.82, 2.24) is 0 Å². The second-order valence-electron chi connectivity index (χ2n) is 4.20. The fourth-order valence-electron chi connectivity index (χ4n) is 2.44. The third-order valence-electron chi connectivity index (χ3n) is 3.24. The van der Waals surface area contributed by atoms with Gasteiger partial charge in [-0.3, -0.25) is 4.79 Å². The molecule has 0 radical (unpaired) electrons. The predicted molar refractivity (Wildman–Crippen MR) is 48.8 cm³/mol. The van der Waals surface area contributed by atoms with Gasteiger partial charge >= 0.3 is 0 Å². The summed E-state index contributed by atoms with van der Waals surface area (Å²) in [5.41, 5.74) is 1.45. The molecular formula is C11H16O. The lowest BCUT2D eigenvalue weighted by molar-refractivity contribution is -0.118. The minimum Gasteiger partial charge on any atom is -0.295 e. The lowest BCUT2D eigenvalue weighted by Crippen LogP contribution is -2.23. The highest BCUT2D eigenvalue weighted by Gasteiger charge is 2.28. The summed E-state index contributed by atoms with van der Waals surface area (Å²) in [6.07, 6.45) is 8.21. The van der Waals surface area contributed by atoms with Crippen molar-refractivity contribution in [2.45, 2.75) is 39.0 Å². The van der Waals surface area contributed by atoms with Crippen LogP contribution in [0, 0.1) is 11.8 Å². The van der Waals surface area contributed by atoms with Gasteiger partial charge in [0.1, 0.15) is 0 Å². The minimum absolute atomic E-state index is 0.289. The van der Waals surface area contributed by atoms with Gasteiger partial charge in [0, 0.05) is 5.92 Å². The summed E-state index contributed by atoms with van der Waals surface area (Å²) >= 11 is 0.